The van der Waals surface area contributed by atoms with Gasteiger partial charge < -0.3 is 11.1 Å². The Bertz CT molecular complexity index is 1030. The van der Waals surface area contributed by atoms with E-state index >= 15 is 0 Å². The van der Waals surface area contributed by atoms with E-state index in [1.54, 1.807) is 6.20 Å². The van der Waals surface area contributed by atoms with Crippen molar-refractivity contribution >= 4 is 33.8 Å². The first-order valence-electron chi connectivity index (χ1n) is 11.5. The Labute approximate surface area is 187 Å². The van der Waals surface area contributed by atoms with Crippen molar-refractivity contribution in [2.24, 2.45) is 23.2 Å². The van der Waals surface area contributed by atoms with Crippen LogP contribution in [-0.4, -0.2) is 16.7 Å². The molecule has 1 amide bonds. The number of Topliss-reactive ketones (excluding diaryl/α,β-unsaturated/α-hetero) is 1. The van der Waals surface area contributed by atoms with Crippen LogP contribution < -0.4 is 11.1 Å². The van der Waals surface area contributed by atoms with Gasteiger partial charge in [0, 0.05) is 35.0 Å². The zero-order chi connectivity index (χ0) is 21.8. The van der Waals surface area contributed by atoms with Gasteiger partial charge in [-0.05, 0) is 79.9 Å². The number of thiazole rings is 1. The van der Waals surface area contributed by atoms with Gasteiger partial charge in [0.1, 0.15) is 5.78 Å². The van der Waals surface area contributed by atoms with Gasteiger partial charge in [-0.1, -0.05) is 19.1 Å². The van der Waals surface area contributed by atoms with Crippen LogP contribution in [0.25, 0.3) is 0 Å². The van der Waals surface area contributed by atoms with Crippen molar-refractivity contribution in [2.75, 3.05) is 11.1 Å². The number of aromatic nitrogens is 1. The fourth-order valence-corrected chi connectivity index (χ4v) is 7.56. The highest BCUT2D eigenvalue weighted by Crippen LogP contribution is 2.62. The number of carbonyl (C=O) groups excluding carboxylic acids is 2. The van der Waals surface area contributed by atoms with Crippen molar-refractivity contribution in [2.45, 2.75) is 64.7 Å². The van der Waals surface area contributed by atoms with Crippen LogP contribution >= 0.6 is 11.3 Å². The molecule has 0 aliphatic heterocycles. The first kappa shape index (κ1) is 20.7. The highest BCUT2D eigenvalue weighted by molar-refractivity contribution is 7.15. The van der Waals surface area contributed by atoms with Crippen molar-refractivity contribution in [1.29, 1.82) is 0 Å². The van der Waals surface area contributed by atoms with Gasteiger partial charge in [-0.2, -0.15) is 0 Å². The Kier molecular flexibility index (Phi) is 5.16. The summed E-state index contributed by atoms with van der Waals surface area (Å²) in [6.45, 7) is 4.18. The molecule has 2 fully saturated rings. The van der Waals surface area contributed by atoms with E-state index in [0.29, 0.717) is 41.5 Å². The average molecular weight is 438 g/mol. The van der Waals surface area contributed by atoms with Gasteiger partial charge in [0.15, 0.2) is 5.13 Å². The number of aryl methyl sites for hydroxylation is 1. The Morgan fingerprint density at radius 1 is 1.35 bits per heavy atom. The van der Waals surface area contributed by atoms with E-state index in [4.69, 9.17) is 5.73 Å². The fourth-order valence-electron chi connectivity index (χ4n) is 6.88. The molecule has 31 heavy (non-hydrogen) atoms. The second kappa shape index (κ2) is 7.73. The molecule has 5 atom stereocenters. The van der Waals surface area contributed by atoms with Crippen molar-refractivity contribution in [1.82, 2.24) is 4.98 Å². The lowest BCUT2D eigenvalue weighted by atomic mass is 9.54. The monoisotopic (exact) mass is 437 g/mol. The lowest BCUT2D eigenvalue weighted by Gasteiger charge is -2.50. The van der Waals surface area contributed by atoms with Crippen LogP contribution in [0.5, 0.6) is 0 Å². The van der Waals surface area contributed by atoms with Crippen LogP contribution in [0.1, 0.15) is 67.4 Å². The van der Waals surface area contributed by atoms with Gasteiger partial charge in [0.05, 0.1) is 0 Å². The van der Waals surface area contributed by atoms with Crippen molar-refractivity contribution < 1.29 is 9.59 Å². The summed E-state index contributed by atoms with van der Waals surface area (Å²) in [6.07, 6.45) is 7.73. The topological polar surface area (TPSA) is 85.1 Å². The number of fused-ring (bicyclic) bond motifs is 5. The number of hydrogen-bond donors (Lipinski definition) is 2. The molecule has 0 spiro atoms. The molecule has 0 saturated heterocycles. The molecule has 0 radical (unpaired) electrons. The number of ketones is 1. The van der Waals surface area contributed by atoms with Crippen LogP contribution in [0.2, 0.25) is 0 Å². The largest absolute Gasteiger partial charge is 0.398 e. The van der Waals surface area contributed by atoms with E-state index in [2.05, 4.69) is 29.4 Å². The molecule has 0 bridgehead atoms. The van der Waals surface area contributed by atoms with E-state index in [1.807, 2.05) is 13.0 Å². The first-order chi connectivity index (χ1) is 14.9. The molecule has 1 heterocycles. The maximum atomic E-state index is 13.1. The van der Waals surface area contributed by atoms with Crippen molar-refractivity contribution in [3.05, 3.63) is 40.4 Å². The Morgan fingerprint density at radius 2 is 2.19 bits per heavy atom. The molecule has 3 aliphatic carbocycles. The maximum Gasteiger partial charge on any atom is 0.226 e. The quantitative estimate of drug-likeness (QED) is 0.652. The number of rotatable bonds is 4. The maximum absolute atomic E-state index is 13.1. The van der Waals surface area contributed by atoms with Gasteiger partial charge in [-0.15, -0.1) is 11.3 Å². The lowest BCUT2D eigenvalue weighted by Crippen LogP contribution is -2.44. The predicted octanol–water partition coefficient (Wildman–Crippen LogP) is 5.10. The zero-order valence-electron chi connectivity index (χ0n) is 18.3. The highest BCUT2D eigenvalue weighted by atomic mass is 32.1. The Morgan fingerprint density at radius 3 is 2.97 bits per heavy atom. The number of nitrogens with zero attached hydrogens (tertiary/aromatic N) is 1. The second-order valence-electron chi connectivity index (χ2n) is 9.96. The van der Waals surface area contributed by atoms with Gasteiger partial charge in [0.25, 0.3) is 0 Å². The number of nitrogen functional groups attached to an aromatic ring is 1. The molecule has 5 nitrogen and oxygen atoms in total. The molecule has 164 valence electrons. The number of nitrogens with two attached hydrogens (primary N) is 1. The number of nitrogens with one attached hydrogen (secondary N) is 1. The Balaban J connectivity index is 1.34. The highest BCUT2D eigenvalue weighted by Gasteiger charge is 2.58. The number of anilines is 2. The molecular formula is C25H31N3O2S. The van der Waals surface area contributed by atoms with Crippen molar-refractivity contribution in [3.63, 3.8) is 0 Å². The molecule has 2 aromatic rings. The molecular weight excluding hydrogens is 406 g/mol. The molecule has 6 heteroatoms. The minimum Gasteiger partial charge on any atom is -0.398 e. The number of amides is 1. The third-order valence-electron chi connectivity index (χ3n) is 8.27. The van der Waals surface area contributed by atoms with Gasteiger partial charge >= 0.3 is 0 Å². The zero-order valence-corrected chi connectivity index (χ0v) is 19.1. The third-order valence-corrected chi connectivity index (χ3v) is 9.09. The molecule has 5 rings (SSSR count). The fraction of sp³-hybridized carbons (Fsp3) is 0.560. The summed E-state index contributed by atoms with van der Waals surface area (Å²) in [4.78, 5) is 31.0. The van der Waals surface area contributed by atoms with Crippen LogP contribution in [0.3, 0.4) is 0 Å². The normalized spacial score (nSPS) is 31.6. The van der Waals surface area contributed by atoms with Crippen LogP contribution in [-0.2, 0) is 16.0 Å². The molecule has 3 unspecified atom stereocenters. The Hall–Kier alpha value is -2.21. The number of benzene rings is 1. The van der Waals surface area contributed by atoms with Crippen LogP contribution in [0.4, 0.5) is 10.8 Å². The summed E-state index contributed by atoms with van der Waals surface area (Å²) in [5, 5.41) is 3.59. The van der Waals surface area contributed by atoms with Gasteiger partial charge in [0.2, 0.25) is 5.91 Å². The van der Waals surface area contributed by atoms with Crippen LogP contribution in [0, 0.1) is 30.1 Å². The molecule has 2 saturated carbocycles. The van der Waals surface area contributed by atoms with E-state index in [9.17, 15) is 9.59 Å². The molecule has 3 aliphatic rings. The van der Waals surface area contributed by atoms with Crippen molar-refractivity contribution in [3.8, 4) is 0 Å². The lowest BCUT2D eigenvalue weighted by molar-refractivity contribution is -0.129. The summed E-state index contributed by atoms with van der Waals surface area (Å²) in [5.74, 6) is 2.07. The predicted molar refractivity (Wildman–Crippen MR) is 124 cm³/mol. The van der Waals surface area contributed by atoms with Crippen LogP contribution in [0.15, 0.2) is 24.4 Å². The summed E-state index contributed by atoms with van der Waals surface area (Å²) in [5.41, 5.74) is 9.71. The molecule has 1 aromatic carbocycles. The summed E-state index contributed by atoms with van der Waals surface area (Å²) < 4.78 is 0. The smallest absolute Gasteiger partial charge is 0.226 e. The number of hydrogen-bond acceptors (Lipinski definition) is 5. The number of carbonyl (C=O) groups is 2. The second-order valence-corrected chi connectivity index (χ2v) is 11.2. The summed E-state index contributed by atoms with van der Waals surface area (Å²) in [7, 11) is 0. The van der Waals surface area contributed by atoms with Gasteiger partial charge in [-0.3, -0.25) is 9.59 Å². The third kappa shape index (κ3) is 3.49. The molecule has 1 aromatic heterocycles. The minimum absolute atomic E-state index is 0.00419. The standard InChI is InChI=1S/C25H31N3O2S/c1-14-13-27-24(31-14)28-22(30)9-6-15-12-21(29)25(2)11-10-17-16-4-3-5-20(26)18(16)7-8-19(17)23(15)25/h3-5,13,15,17,19,23H,6-12,26H2,1-2H3,(H,27,28,30)/t15-,17?,19?,23?,25-/m1/s1. The van der Waals surface area contributed by atoms with E-state index in [-0.39, 0.29) is 17.2 Å². The van der Waals surface area contributed by atoms with E-state index in [1.165, 1.54) is 22.5 Å². The van der Waals surface area contributed by atoms with E-state index < -0.39 is 0 Å². The van der Waals surface area contributed by atoms with Gasteiger partial charge in [-0.25, -0.2) is 4.98 Å². The molecule has 3 N–H and O–H groups in total. The minimum atomic E-state index is -0.230. The SMILES string of the molecule is Cc1cnc(NC(=O)CC[C@@H]2CC(=O)[C@@]3(C)CCC4c5cccc(N)c5CCC4C23)s1. The van der Waals surface area contributed by atoms with E-state index in [0.717, 1.165) is 42.7 Å². The first-order valence-corrected chi connectivity index (χ1v) is 12.3. The average Bonchev–Trinajstić information content (AvgIpc) is 3.26. The summed E-state index contributed by atoms with van der Waals surface area (Å²) >= 11 is 1.49. The summed E-state index contributed by atoms with van der Waals surface area (Å²) in [6, 6.07) is 6.34.